The molecule has 0 saturated heterocycles. The first-order valence-corrected chi connectivity index (χ1v) is 4.08. The molecule has 0 spiro atoms. The molecule has 0 heterocycles. The normalized spacial score (nSPS) is 9.26. The Morgan fingerprint density at radius 3 is 1.47 bits per heavy atom. The van der Waals surface area contributed by atoms with Crippen molar-refractivity contribution in [3.63, 3.8) is 0 Å². The van der Waals surface area contributed by atoms with Gasteiger partial charge in [-0.05, 0) is 0 Å². The molecule has 0 atom stereocenters. The average molecular weight is 263 g/mol. The minimum Gasteiger partial charge on any atom is -0.544 e. The van der Waals surface area contributed by atoms with Crippen molar-refractivity contribution in [3.8, 4) is 0 Å². The van der Waals surface area contributed by atoms with Gasteiger partial charge < -0.3 is 9.90 Å². The van der Waals surface area contributed by atoms with Crippen LogP contribution in [-0.4, -0.2) is 20.7 Å². The number of hydrogen-bond donors (Lipinski definition) is 0. The van der Waals surface area contributed by atoms with Crippen LogP contribution < -0.4 is 24.0 Å². The second-order valence-corrected chi connectivity index (χ2v) is 2.92. The first kappa shape index (κ1) is 16.5. The molecule has 0 aliphatic carbocycles. The number of carboxylic acid groups (broad SMARTS) is 1. The Labute approximate surface area is 115 Å². The molecule has 19 heavy (non-hydrogen) atoms. The van der Waals surface area contributed by atoms with E-state index >= 15 is 0 Å². The summed E-state index contributed by atoms with van der Waals surface area (Å²) in [6.45, 7) is 0. The third-order valence-electron chi connectivity index (χ3n) is 1.89. The van der Waals surface area contributed by atoms with Crippen LogP contribution in [0.1, 0.15) is 10.4 Å². The summed E-state index contributed by atoms with van der Waals surface area (Å²) in [5.74, 6) is -2.16. The van der Waals surface area contributed by atoms with Gasteiger partial charge in [-0.2, -0.15) is 0 Å². The smallest absolute Gasteiger partial charge is 0.544 e. The van der Waals surface area contributed by atoms with Gasteiger partial charge in [-0.1, -0.05) is 0 Å². The van der Waals surface area contributed by atoms with E-state index in [1.54, 1.807) is 0 Å². The molecule has 0 aromatic heterocycles. The third kappa shape index (κ3) is 3.24. The maximum atomic E-state index is 10.6. The summed E-state index contributed by atoms with van der Waals surface area (Å²) in [4.78, 5) is 38.5. The fourth-order valence-electron chi connectivity index (χ4n) is 1.20. The Kier molecular flexibility index (Phi) is 5.11. The Bertz CT molecular complexity index is 551. The molecule has 0 aliphatic heterocycles. The number of aromatic carboxylic acids is 1. The molecule has 0 aliphatic rings. The van der Waals surface area contributed by atoms with Crippen LogP contribution in [0.4, 0.5) is 17.1 Å². The van der Waals surface area contributed by atoms with Crippen LogP contribution in [0, 0.1) is 30.3 Å². The van der Waals surface area contributed by atoms with E-state index in [9.17, 15) is 40.2 Å². The van der Waals surface area contributed by atoms with Crippen LogP contribution in [-0.2, 0) is 0 Å². The van der Waals surface area contributed by atoms with Gasteiger partial charge in [0.2, 0.25) is 0 Å². The molecule has 1 rings (SSSR count). The van der Waals surface area contributed by atoms with Crippen molar-refractivity contribution in [2.24, 2.45) is 0 Å². The Morgan fingerprint density at radius 2 is 1.26 bits per heavy atom. The number of benzene rings is 1. The van der Waals surface area contributed by atoms with Gasteiger partial charge in [0, 0.05) is 0 Å². The molecule has 0 bridgehead atoms. The van der Waals surface area contributed by atoms with Gasteiger partial charge in [0.05, 0.1) is 32.9 Å². The number of hydrogen-bond acceptors (Lipinski definition) is 8. The summed E-state index contributed by atoms with van der Waals surface area (Å²) in [6.07, 6.45) is 0. The second kappa shape index (κ2) is 5.89. The van der Waals surface area contributed by atoms with E-state index in [-0.39, 0.29) is 18.9 Å². The zero-order valence-electron chi connectivity index (χ0n) is 9.26. The van der Waals surface area contributed by atoms with E-state index in [0.717, 1.165) is 0 Å². The van der Waals surface area contributed by atoms with Gasteiger partial charge in [-0.15, -0.1) is 0 Å². The fourth-order valence-corrected chi connectivity index (χ4v) is 1.20. The number of rotatable bonds is 4. The molecular formula is C7H2LiN3O8. The standard InChI is InChI=1S/C7H3N3O8.Li/c11-7(12)6-4(9(15)16)1-3(8(13)14)2-5(6)10(17)18;/h1-2H,(H,11,12);/q;+1/p-1. The molecule has 0 radical (unpaired) electrons. The van der Waals surface area contributed by atoms with Crippen LogP contribution in [0.5, 0.6) is 0 Å². The first-order valence-electron chi connectivity index (χ1n) is 4.08. The Balaban J connectivity index is 0.00000324. The predicted molar refractivity (Wildman–Crippen MR) is 50.7 cm³/mol. The number of carboxylic acids is 1. The SMILES string of the molecule is O=C([O-])c1c([N+](=O)[O-])cc([N+](=O)[O-])cc1[N+](=O)[O-].[Li+]. The van der Waals surface area contributed by atoms with E-state index in [4.69, 9.17) is 0 Å². The number of nitro groups is 3. The van der Waals surface area contributed by atoms with Crippen LogP contribution in [0.15, 0.2) is 12.1 Å². The van der Waals surface area contributed by atoms with Gasteiger partial charge in [-0.25, -0.2) is 0 Å². The van der Waals surface area contributed by atoms with Gasteiger partial charge in [0.25, 0.3) is 17.1 Å². The Hall–Kier alpha value is -2.51. The summed E-state index contributed by atoms with van der Waals surface area (Å²) >= 11 is 0. The molecule has 1 aromatic carbocycles. The molecule has 1 aromatic rings. The van der Waals surface area contributed by atoms with Gasteiger partial charge in [-0.3, -0.25) is 30.3 Å². The molecule has 0 fully saturated rings. The minimum atomic E-state index is -2.16. The summed E-state index contributed by atoms with van der Waals surface area (Å²) in [6, 6.07) is 0.635. The maximum absolute atomic E-state index is 10.6. The van der Waals surface area contributed by atoms with E-state index in [1.165, 1.54) is 0 Å². The van der Waals surface area contributed by atoms with Crippen molar-refractivity contribution < 1.29 is 43.5 Å². The number of non-ortho nitro benzene ring substituents is 1. The van der Waals surface area contributed by atoms with Crippen molar-refractivity contribution in [3.05, 3.63) is 48.0 Å². The topological polar surface area (TPSA) is 170 Å². The third-order valence-corrected chi connectivity index (χ3v) is 1.89. The van der Waals surface area contributed by atoms with Crippen molar-refractivity contribution in [2.45, 2.75) is 0 Å². The van der Waals surface area contributed by atoms with E-state index < -0.39 is 43.4 Å². The molecule has 12 heteroatoms. The summed E-state index contributed by atoms with van der Waals surface area (Å²) in [5.41, 5.74) is -4.80. The van der Waals surface area contributed by atoms with Gasteiger partial charge >= 0.3 is 18.9 Å². The Morgan fingerprint density at radius 1 is 0.895 bits per heavy atom. The zero-order chi connectivity index (χ0) is 14.0. The molecule has 0 amide bonds. The molecule has 0 N–H and O–H groups in total. The largest absolute Gasteiger partial charge is 1.00 e. The fraction of sp³-hybridized carbons (Fsp3) is 0. The summed E-state index contributed by atoms with van der Waals surface area (Å²) < 4.78 is 0. The predicted octanol–water partition coefficient (Wildman–Crippen LogP) is -3.22. The number of carbonyl (C=O) groups is 1. The molecule has 11 nitrogen and oxygen atoms in total. The minimum absolute atomic E-state index is 0. The van der Waals surface area contributed by atoms with Crippen molar-refractivity contribution in [1.29, 1.82) is 0 Å². The van der Waals surface area contributed by atoms with Gasteiger partial charge in [0.15, 0.2) is 5.56 Å². The van der Waals surface area contributed by atoms with Gasteiger partial charge in [0.1, 0.15) is 0 Å². The number of nitrogens with zero attached hydrogens (tertiary/aromatic N) is 3. The van der Waals surface area contributed by atoms with Crippen molar-refractivity contribution in [1.82, 2.24) is 0 Å². The maximum Gasteiger partial charge on any atom is 1.00 e. The number of nitro benzene ring substituents is 3. The molecule has 0 saturated carbocycles. The zero-order valence-corrected chi connectivity index (χ0v) is 9.26. The monoisotopic (exact) mass is 263 g/mol. The molecule has 94 valence electrons. The second-order valence-electron chi connectivity index (χ2n) is 2.92. The molecular weight excluding hydrogens is 261 g/mol. The molecule has 0 unspecified atom stereocenters. The van der Waals surface area contributed by atoms with Crippen LogP contribution in [0.25, 0.3) is 0 Å². The van der Waals surface area contributed by atoms with Crippen molar-refractivity contribution >= 4 is 23.0 Å². The van der Waals surface area contributed by atoms with E-state index in [2.05, 4.69) is 0 Å². The quantitative estimate of drug-likeness (QED) is 0.310. The van der Waals surface area contributed by atoms with Crippen LogP contribution in [0.3, 0.4) is 0 Å². The van der Waals surface area contributed by atoms with Crippen LogP contribution >= 0.6 is 0 Å². The summed E-state index contributed by atoms with van der Waals surface area (Å²) in [5, 5.41) is 42.2. The van der Waals surface area contributed by atoms with Crippen LogP contribution in [0.2, 0.25) is 0 Å². The first-order chi connectivity index (χ1) is 8.25. The van der Waals surface area contributed by atoms with E-state index in [1.807, 2.05) is 0 Å². The average Bonchev–Trinajstić information content (AvgIpc) is 2.26. The number of carbonyl (C=O) groups excluding carboxylic acids is 1. The summed E-state index contributed by atoms with van der Waals surface area (Å²) in [7, 11) is 0. The van der Waals surface area contributed by atoms with Crippen molar-refractivity contribution in [2.75, 3.05) is 0 Å². The van der Waals surface area contributed by atoms with E-state index in [0.29, 0.717) is 12.1 Å².